The van der Waals surface area contributed by atoms with Gasteiger partial charge < -0.3 is 15.1 Å². The van der Waals surface area contributed by atoms with Crippen LogP contribution in [0.4, 0.5) is 23.8 Å². The van der Waals surface area contributed by atoms with Gasteiger partial charge in [-0.05, 0) is 18.4 Å². The molecule has 9 heteroatoms. The number of pyridine rings is 1. The average molecular weight is 421 g/mol. The maximum atomic E-state index is 12.7. The van der Waals surface area contributed by atoms with Gasteiger partial charge in [-0.1, -0.05) is 44.7 Å². The summed E-state index contributed by atoms with van der Waals surface area (Å²) in [6.07, 6.45) is 0.771. The van der Waals surface area contributed by atoms with E-state index in [-0.39, 0.29) is 11.1 Å². The Morgan fingerprint density at radius 2 is 1.96 bits per heavy atom. The molecule has 0 radical (unpaired) electrons. The van der Waals surface area contributed by atoms with Crippen LogP contribution in [0.3, 0.4) is 0 Å². The van der Waals surface area contributed by atoms with Gasteiger partial charge in [0.15, 0.2) is 0 Å². The van der Waals surface area contributed by atoms with Crippen LogP contribution in [0.2, 0.25) is 5.02 Å². The lowest BCUT2D eigenvalue weighted by atomic mass is 9.99. The Morgan fingerprint density at radius 3 is 2.50 bits per heavy atom. The zero-order valence-corrected chi connectivity index (χ0v) is 17.1. The van der Waals surface area contributed by atoms with E-state index >= 15 is 0 Å². The van der Waals surface area contributed by atoms with Crippen molar-refractivity contribution in [2.75, 3.05) is 37.6 Å². The Bertz CT molecular complexity index is 649. The molecule has 1 saturated heterocycles. The number of piperazine rings is 1. The summed E-state index contributed by atoms with van der Waals surface area (Å²) in [5.74, 6) is 0.806. The molecule has 1 aliphatic rings. The number of nitrogens with zero attached hydrogens (tertiary/aromatic N) is 3. The number of amides is 2. The molecular weight excluding hydrogens is 393 g/mol. The Kier molecular flexibility index (Phi) is 8.22. The van der Waals surface area contributed by atoms with Crippen LogP contribution in [0.1, 0.15) is 45.1 Å². The molecule has 0 spiro atoms. The van der Waals surface area contributed by atoms with E-state index in [0.717, 1.165) is 37.9 Å². The molecule has 158 valence electrons. The third-order valence-electron chi connectivity index (χ3n) is 5.10. The number of carbonyl (C=O) groups excluding carboxylic acids is 1. The van der Waals surface area contributed by atoms with E-state index in [4.69, 9.17) is 11.6 Å². The monoisotopic (exact) mass is 420 g/mol. The Labute approximate surface area is 169 Å². The lowest BCUT2D eigenvalue weighted by Gasteiger charge is -2.36. The summed E-state index contributed by atoms with van der Waals surface area (Å²) in [7, 11) is 0. The minimum absolute atomic E-state index is 0.0329. The highest BCUT2D eigenvalue weighted by molar-refractivity contribution is 6.33. The van der Waals surface area contributed by atoms with Gasteiger partial charge in [0.1, 0.15) is 5.82 Å². The fourth-order valence-electron chi connectivity index (χ4n) is 3.23. The molecule has 2 heterocycles. The lowest BCUT2D eigenvalue weighted by Crippen LogP contribution is -2.52. The van der Waals surface area contributed by atoms with Gasteiger partial charge in [0.05, 0.1) is 10.6 Å². The van der Waals surface area contributed by atoms with Crippen LogP contribution in [0.25, 0.3) is 0 Å². The van der Waals surface area contributed by atoms with Crippen LogP contribution in [0.15, 0.2) is 12.3 Å². The number of halogens is 4. The SMILES string of the molecule is CCCC[C@@H](CC)CNC(=O)N1CCN(c2ncc(C(F)(F)F)cc2Cl)CC1. The van der Waals surface area contributed by atoms with E-state index < -0.39 is 11.7 Å². The van der Waals surface area contributed by atoms with Crippen molar-refractivity contribution >= 4 is 23.4 Å². The summed E-state index contributed by atoms with van der Waals surface area (Å²) in [6.45, 7) is 6.83. The Hall–Kier alpha value is -1.70. The third kappa shape index (κ3) is 6.15. The van der Waals surface area contributed by atoms with Crippen LogP contribution in [-0.2, 0) is 6.18 Å². The first-order valence-corrected chi connectivity index (χ1v) is 10.1. The predicted octanol–water partition coefficient (Wildman–Crippen LogP) is 4.80. The van der Waals surface area contributed by atoms with Crippen LogP contribution >= 0.6 is 11.6 Å². The minimum Gasteiger partial charge on any atom is -0.352 e. The molecule has 28 heavy (non-hydrogen) atoms. The Morgan fingerprint density at radius 1 is 1.29 bits per heavy atom. The van der Waals surface area contributed by atoms with Crippen LogP contribution < -0.4 is 10.2 Å². The van der Waals surface area contributed by atoms with E-state index in [1.54, 1.807) is 4.90 Å². The van der Waals surface area contributed by atoms with E-state index in [1.807, 2.05) is 4.90 Å². The lowest BCUT2D eigenvalue weighted by molar-refractivity contribution is -0.137. The molecule has 0 saturated carbocycles. The number of carbonyl (C=O) groups is 1. The maximum absolute atomic E-state index is 12.7. The summed E-state index contributed by atoms with van der Waals surface area (Å²) in [5.41, 5.74) is -0.868. The molecule has 5 nitrogen and oxygen atoms in total. The zero-order chi connectivity index (χ0) is 20.7. The predicted molar refractivity (Wildman–Crippen MR) is 105 cm³/mol. The molecule has 0 unspecified atom stereocenters. The first-order chi connectivity index (χ1) is 13.3. The quantitative estimate of drug-likeness (QED) is 0.689. The van der Waals surface area contributed by atoms with Gasteiger partial charge in [0.25, 0.3) is 0 Å². The standard InChI is InChI=1S/C19H28ClF3N4O/c1-3-5-6-14(4-2)12-25-18(28)27-9-7-26(8-10-27)17-16(20)11-15(13-24-17)19(21,22)23/h11,13-14H,3-10,12H2,1-2H3,(H,25,28)/t14-/m1/s1. The molecule has 0 bridgehead atoms. The van der Waals surface area contributed by atoms with Gasteiger partial charge in [0.2, 0.25) is 0 Å². The number of alkyl halides is 3. The highest BCUT2D eigenvalue weighted by atomic mass is 35.5. The molecule has 2 rings (SSSR count). The second kappa shape index (κ2) is 10.2. The van der Waals surface area contributed by atoms with Crippen molar-refractivity contribution in [3.8, 4) is 0 Å². The van der Waals surface area contributed by atoms with E-state index in [2.05, 4.69) is 24.1 Å². The third-order valence-corrected chi connectivity index (χ3v) is 5.38. The van der Waals surface area contributed by atoms with Crippen LogP contribution in [0.5, 0.6) is 0 Å². The summed E-state index contributed by atoms with van der Waals surface area (Å²) >= 11 is 6.01. The second-order valence-electron chi connectivity index (χ2n) is 7.10. The van der Waals surface area contributed by atoms with Crippen LogP contribution in [0, 0.1) is 5.92 Å². The smallest absolute Gasteiger partial charge is 0.352 e. The van der Waals surface area contributed by atoms with Crippen molar-refractivity contribution in [3.05, 3.63) is 22.8 Å². The summed E-state index contributed by atoms with van der Waals surface area (Å²) in [6, 6.07) is 0.797. The molecule has 0 aromatic carbocycles. The van der Waals surface area contributed by atoms with Gasteiger partial charge in [-0.2, -0.15) is 13.2 Å². The zero-order valence-electron chi connectivity index (χ0n) is 16.4. The number of rotatable bonds is 7. The van der Waals surface area contributed by atoms with Gasteiger partial charge in [-0.3, -0.25) is 0 Å². The van der Waals surface area contributed by atoms with Crippen molar-refractivity contribution < 1.29 is 18.0 Å². The second-order valence-corrected chi connectivity index (χ2v) is 7.51. The van der Waals surface area contributed by atoms with Gasteiger partial charge in [-0.25, -0.2) is 9.78 Å². The van der Waals surface area contributed by atoms with Crippen molar-refractivity contribution in [2.24, 2.45) is 5.92 Å². The van der Waals surface area contributed by atoms with Gasteiger partial charge >= 0.3 is 12.2 Å². The summed E-state index contributed by atoms with van der Waals surface area (Å²) in [4.78, 5) is 19.8. The number of unbranched alkanes of at least 4 members (excludes halogenated alkanes) is 1. The van der Waals surface area contributed by atoms with Crippen molar-refractivity contribution in [2.45, 2.75) is 45.7 Å². The minimum atomic E-state index is -4.47. The van der Waals surface area contributed by atoms with E-state index in [1.165, 1.54) is 0 Å². The number of aromatic nitrogens is 1. The fourth-order valence-corrected chi connectivity index (χ4v) is 3.51. The number of urea groups is 1. The topological polar surface area (TPSA) is 48.5 Å². The molecule has 1 aliphatic heterocycles. The van der Waals surface area contributed by atoms with E-state index in [0.29, 0.717) is 44.5 Å². The molecule has 1 aromatic heterocycles. The first kappa shape index (κ1) is 22.6. The molecule has 1 atom stereocenters. The molecular formula is C19H28ClF3N4O. The number of hydrogen-bond donors (Lipinski definition) is 1. The largest absolute Gasteiger partial charge is 0.417 e. The molecule has 1 aromatic rings. The van der Waals surface area contributed by atoms with Gasteiger partial charge in [-0.15, -0.1) is 0 Å². The van der Waals surface area contributed by atoms with Gasteiger partial charge in [0, 0.05) is 38.9 Å². The highest BCUT2D eigenvalue weighted by Gasteiger charge is 2.32. The summed E-state index contributed by atoms with van der Waals surface area (Å²) < 4.78 is 38.2. The first-order valence-electron chi connectivity index (χ1n) is 9.76. The number of anilines is 1. The molecule has 1 fully saturated rings. The average Bonchev–Trinajstić information content (AvgIpc) is 2.67. The maximum Gasteiger partial charge on any atom is 0.417 e. The summed E-state index contributed by atoms with van der Waals surface area (Å²) in [5, 5.41) is 2.97. The number of nitrogens with one attached hydrogen (secondary N) is 1. The Balaban J connectivity index is 1.86. The number of hydrogen-bond acceptors (Lipinski definition) is 3. The normalized spacial score (nSPS) is 16.2. The van der Waals surface area contributed by atoms with Crippen molar-refractivity contribution in [3.63, 3.8) is 0 Å². The molecule has 2 amide bonds. The highest BCUT2D eigenvalue weighted by Crippen LogP contribution is 2.33. The molecule has 1 N–H and O–H groups in total. The van der Waals surface area contributed by atoms with Crippen molar-refractivity contribution in [1.29, 1.82) is 0 Å². The van der Waals surface area contributed by atoms with E-state index in [9.17, 15) is 18.0 Å². The van der Waals surface area contributed by atoms with Crippen molar-refractivity contribution in [1.82, 2.24) is 15.2 Å². The fraction of sp³-hybridized carbons (Fsp3) is 0.684. The van der Waals surface area contributed by atoms with Crippen LogP contribution in [-0.4, -0.2) is 48.6 Å². The molecule has 0 aliphatic carbocycles.